The van der Waals surface area contributed by atoms with E-state index in [9.17, 15) is 15.0 Å². The van der Waals surface area contributed by atoms with Crippen molar-refractivity contribution in [1.82, 2.24) is 15.0 Å². The quantitative estimate of drug-likeness (QED) is 0.376. The largest absolute Gasteiger partial charge is 0.504 e. The molecule has 0 atom stereocenters. The van der Waals surface area contributed by atoms with Gasteiger partial charge in [0.2, 0.25) is 17.8 Å². The topological polar surface area (TPSA) is 127 Å². The van der Waals surface area contributed by atoms with Gasteiger partial charge in [0.1, 0.15) is 0 Å². The molecule has 4 N–H and O–H groups in total. The number of rotatable bonds is 6. The summed E-state index contributed by atoms with van der Waals surface area (Å²) in [6.07, 6.45) is 7.03. The first-order valence-electron chi connectivity index (χ1n) is 12.5. The van der Waals surface area contributed by atoms with Crippen LogP contribution < -0.4 is 20.4 Å². The zero-order valence-electron chi connectivity index (χ0n) is 20.2. The molecule has 2 saturated heterocycles. The number of para-hydroxylation sites is 1. The van der Waals surface area contributed by atoms with Gasteiger partial charge in [-0.15, -0.1) is 0 Å². The predicted octanol–water partition coefficient (Wildman–Crippen LogP) is 4.26. The lowest BCUT2D eigenvalue weighted by Crippen LogP contribution is -2.34. The summed E-state index contributed by atoms with van der Waals surface area (Å²) < 4.78 is 0. The maximum absolute atomic E-state index is 12.5. The highest BCUT2D eigenvalue weighted by atomic mass is 16.3. The van der Waals surface area contributed by atoms with Gasteiger partial charge in [0.25, 0.3) is 5.91 Å². The average Bonchev–Trinajstić information content (AvgIpc) is 2.92. The summed E-state index contributed by atoms with van der Waals surface area (Å²) in [4.78, 5) is 31.2. The zero-order valence-corrected chi connectivity index (χ0v) is 20.2. The first-order valence-corrected chi connectivity index (χ1v) is 12.5. The molecular formula is C26H31N7O3. The van der Waals surface area contributed by atoms with Gasteiger partial charge in [-0.2, -0.15) is 15.0 Å². The van der Waals surface area contributed by atoms with Crippen molar-refractivity contribution in [2.75, 3.05) is 46.6 Å². The molecule has 0 saturated carbocycles. The summed E-state index contributed by atoms with van der Waals surface area (Å²) in [5, 5.41) is 25.6. The Hall–Kier alpha value is -4.08. The second-order valence-corrected chi connectivity index (χ2v) is 9.18. The van der Waals surface area contributed by atoms with Gasteiger partial charge in [-0.25, -0.2) is 0 Å². The van der Waals surface area contributed by atoms with Gasteiger partial charge in [0.05, 0.1) is 5.56 Å². The second kappa shape index (κ2) is 10.7. The van der Waals surface area contributed by atoms with E-state index in [2.05, 4.69) is 20.4 Å². The number of aromatic hydroxyl groups is 2. The van der Waals surface area contributed by atoms with E-state index in [4.69, 9.17) is 15.0 Å². The van der Waals surface area contributed by atoms with Crippen LogP contribution in [0, 0.1) is 0 Å². The first-order chi connectivity index (χ1) is 17.6. The van der Waals surface area contributed by atoms with Crippen LogP contribution >= 0.6 is 0 Å². The van der Waals surface area contributed by atoms with E-state index in [1.807, 2.05) is 12.1 Å². The molecule has 2 aliphatic rings. The summed E-state index contributed by atoms with van der Waals surface area (Å²) in [5.74, 6) is 0.612. The maximum atomic E-state index is 12.5. The molecule has 10 heteroatoms. The Morgan fingerprint density at radius 1 is 0.722 bits per heavy atom. The van der Waals surface area contributed by atoms with Gasteiger partial charge >= 0.3 is 0 Å². The van der Waals surface area contributed by atoms with Crippen molar-refractivity contribution < 1.29 is 15.0 Å². The van der Waals surface area contributed by atoms with Gasteiger partial charge in [-0.3, -0.25) is 4.79 Å². The second-order valence-electron chi connectivity index (χ2n) is 9.18. The van der Waals surface area contributed by atoms with Crippen LogP contribution in [0.5, 0.6) is 11.5 Å². The molecule has 5 rings (SSSR count). The molecule has 1 aromatic heterocycles. The predicted molar refractivity (Wildman–Crippen MR) is 139 cm³/mol. The molecule has 3 heterocycles. The lowest BCUT2D eigenvalue weighted by molar-refractivity contribution is 0.102. The zero-order chi connectivity index (χ0) is 24.9. The van der Waals surface area contributed by atoms with Crippen LogP contribution in [-0.2, 0) is 0 Å². The van der Waals surface area contributed by atoms with E-state index >= 15 is 0 Å². The van der Waals surface area contributed by atoms with E-state index < -0.39 is 11.7 Å². The third-order valence-corrected chi connectivity index (χ3v) is 6.55. The molecule has 0 unspecified atom stereocenters. The Morgan fingerprint density at radius 3 is 1.86 bits per heavy atom. The molecule has 0 spiro atoms. The van der Waals surface area contributed by atoms with Crippen molar-refractivity contribution in [3.63, 3.8) is 0 Å². The van der Waals surface area contributed by atoms with Crippen LogP contribution in [0.25, 0.3) is 0 Å². The highest BCUT2D eigenvalue weighted by Crippen LogP contribution is 2.29. The standard InChI is InChI=1S/C26H31N7O3/c34-21-9-7-8-20(22(21)35)23(36)27-18-10-12-19(13-11-18)28-24-29-25(32-14-3-1-4-15-32)31-26(30-24)33-16-5-2-6-17-33/h7-13,34-35H,1-6,14-17H2,(H,27,36)(H,28,29,30,31). The first kappa shape index (κ1) is 23.7. The number of amides is 1. The van der Waals surface area contributed by atoms with Crippen molar-refractivity contribution in [3.8, 4) is 11.5 Å². The van der Waals surface area contributed by atoms with E-state index in [1.54, 1.807) is 12.1 Å². The van der Waals surface area contributed by atoms with Gasteiger partial charge < -0.3 is 30.6 Å². The number of aromatic nitrogens is 3. The summed E-state index contributed by atoms with van der Waals surface area (Å²) in [7, 11) is 0. The number of hydrogen-bond donors (Lipinski definition) is 4. The third-order valence-electron chi connectivity index (χ3n) is 6.55. The third kappa shape index (κ3) is 5.42. The lowest BCUT2D eigenvalue weighted by Gasteiger charge is -2.30. The number of benzene rings is 2. The molecule has 1 amide bonds. The van der Waals surface area contributed by atoms with E-state index in [0.717, 1.165) is 57.5 Å². The van der Waals surface area contributed by atoms with Gasteiger partial charge in [-0.1, -0.05) is 6.07 Å². The minimum Gasteiger partial charge on any atom is -0.504 e. The summed E-state index contributed by atoms with van der Waals surface area (Å²) in [6.45, 7) is 3.80. The monoisotopic (exact) mass is 489 g/mol. The van der Waals surface area contributed by atoms with Crippen molar-refractivity contribution in [1.29, 1.82) is 0 Å². The fraction of sp³-hybridized carbons (Fsp3) is 0.385. The molecule has 10 nitrogen and oxygen atoms in total. The Labute approximate surface area is 210 Å². The Bertz CT molecular complexity index is 1170. The van der Waals surface area contributed by atoms with Crippen molar-refractivity contribution >= 4 is 35.1 Å². The van der Waals surface area contributed by atoms with Gasteiger partial charge in [0, 0.05) is 37.6 Å². The lowest BCUT2D eigenvalue weighted by atomic mass is 10.1. The number of anilines is 5. The molecule has 0 bridgehead atoms. The molecule has 188 valence electrons. The van der Waals surface area contributed by atoms with Crippen molar-refractivity contribution in [3.05, 3.63) is 48.0 Å². The highest BCUT2D eigenvalue weighted by Gasteiger charge is 2.20. The number of hydrogen-bond acceptors (Lipinski definition) is 9. The Morgan fingerprint density at radius 2 is 1.28 bits per heavy atom. The molecular weight excluding hydrogens is 458 g/mol. The molecule has 0 aliphatic carbocycles. The summed E-state index contributed by atoms with van der Waals surface area (Å²) >= 11 is 0. The average molecular weight is 490 g/mol. The molecule has 0 radical (unpaired) electrons. The molecule has 2 aliphatic heterocycles. The van der Waals surface area contributed by atoms with E-state index in [1.165, 1.54) is 31.0 Å². The Kier molecular flexibility index (Phi) is 7.01. The number of phenolic OH excluding ortho intramolecular Hbond substituents is 2. The number of carbonyl (C=O) groups excluding carboxylic acids is 1. The number of piperidine rings is 2. The number of nitrogens with one attached hydrogen (secondary N) is 2. The smallest absolute Gasteiger partial charge is 0.259 e. The molecule has 3 aromatic rings. The molecule has 2 aromatic carbocycles. The van der Waals surface area contributed by atoms with Gasteiger partial charge in [0.15, 0.2) is 11.5 Å². The Balaban J connectivity index is 1.32. The maximum Gasteiger partial charge on any atom is 0.259 e. The van der Waals surface area contributed by atoms with Crippen LogP contribution in [0.3, 0.4) is 0 Å². The summed E-state index contributed by atoms with van der Waals surface area (Å²) in [6, 6.07) is 11.4. The van der Waals surface area contributed by atoms with Crippen LogP contribution in [-0.4, -0.2) is 57.3 Å². The van der Waals surface area contributed by atoms with Crippen LogP contribution in [0.1, 0.15) is 48.9 Å². The van der Waals surface area contributed by atoms with Crippen LogP contribution in [0.4, 0.5) is 29.2 Å². The summed E-state index contributed by atoms with van der Waals surface area (Å²) in [5.41, 5.74) is 1.32. The molecule has 36 heavy (non-hydrogen) atoms. The normalized spacial score (nSPS) is 16.0. The fourth-order valence-electron chi connectivity index (χ4n) is 4.56. The van der Waals surface area contributed by atoms with E-state index in [-0.39, 0.29) is 11.3 Å². The SMILES string of the molecule is O=C(Nc1ccc(Nc2nc(N3CCCCC3)nc(N3CCCCC3)n2)cc1)c1cccc(O)c1O. The number of nitrogens with zero attached hydrogens (tertiary/aromatic N) is 5. The van der Waals surface area contributed by atoms with E-state index in [0.29, 0.717) is 23.5 Å². The van der Waals surface area contributed by atoms with Gasteiger partial charge in [-0.05, 0) is 74.9 Å². The number of carbonyl (C=O) groups is 1. The number of phenols is 2. The van der Waals surface area contributed by atoms with Crippen LogP contribution in [0.2, 0.25) is 0 Å². The minimum atomic E-state index is -0.515. The molecule has 2 fully saturated rings. The van der Waals surface area contributed by atoms with Crippen LogP contribution in [0.15, 0.2) is 42.5 Å². The fourth-order valence-corrected chi connectivity index (χ4v) is 4.56. The van der Waals surface area contributed by atoms with Crippen molar-refractivity contribution in [2.45, 2.75) is 38.5 Å². The minimum absolute atomic E-state index is 0.00197. The highest BCUT2D eigenvalue weighted by molar-refractivity contribution is 6.06. The van der Waals surface area contributed by atoms with Crippen molar-refractivity contribution in [2.24, 2.45) is 0 Å².